The number of nitrogens with zero attached hydrogens (tertiary/aromatic N) is 2. The highest BCUT2D eigenvalue weighted by atomic mass is 127. The third-order valence-electron chi connectivity index (χ3n) is 4.15. The van der Waals surface area contributed by atoms with Crippen LogP contribution < -0.4 is 10.6 Å². The van der Waals surface area contributed by atoms with Crippen LogP contribution in [0.4, 0.5) is 0 Å². The first-order chi connectivity index (χ1) is 11.8. The Morgan fingerprint density at radius 1 is 1.23 bits per heavy atom. The molecule has 0 fully saturated rings. The number of aliphatic imine (C=N–C) groups is 1. The molecule has 26 heavy (non-hydrogen) atoms. The molecule has 2 aromatic rings. The van der Waals surface area contributed by atoms with Crippen molar-refractivity contribution in [3.05, 3.63) is 52.4 Å². The molecule has 0 amide bonds. The Hall–Kier alpha value is -1.28. The molecule has 0 saturated carbocycles. The fourth-order valence-corrected chi connectivity index (χ4v) is 2.51. The zero-order valence-corrected chi connectivity index (χ0v) is 19.1. The van der Waals surface area contributed by atoms with Gasteiger partial charge in [0.05, 0.1) is 12.2 Å². The Labute approximate surface area is 178 Å². The van der Waals surface area contributed by atoms with Gasteiger partial charge in [0.1, 0.15) is 0 Å². The first kappa shape index (κ1) is 22.8. The van der Waals surface area contributed by atoms with E-state index in [0.717, 1.165) is 29.0 Å². The molecule has 5 nitrogen and oxygen atoms in total. The lowest BCUT2D eigenvalue weighted by molar-refractivity contribution is 0.371. The molecular weight excluding hydrogens is 463 g/mol. The van der Waals surface area contributed by atoms with Crippen LogP contribution >= 0.6 is 35.6 Å². The van der Waals surface area contributed by atoms with Crippen LogP contribution in [0.25, 0.3) is 0 Å². The highest BCUT2D eigenvalue weighted by molar-refractivity contribution is 14.0. The molecule has 1 aromatic heterocycles. The average molecular weight is 491 g/mol. The SMILES string of the molecule is CN=C(NCc1cc(C(C)C)no1)NCC(C)(C)c1ccc(Cl)cc1.I. The lowest BCUT2D eigenvalue weighted by Crippen LogP contribution is -2.43. The van der Waals surface area contributed by atoms with E-state index in [1.165, 1.54) is 5.56 Å². The molecule has 0 spiro atoms. The summed E-state index contributed by atoms with van der Waals surface area (Å²) in [5, 5.41) is 11.4. The molecule has 0 aliphatic carbocycles. The van der Waals surface area contributed by atoms with Crippen molar-refractivity contribution in [1.29, 1.82) is 0 Å². The van der Waals surface area contributed by atoms with E-state index in [1.54, 1.807) is 7.05 Å². The van der Waals surface area contributed by atoms with Crippen molar-refractivity contribution in [2.75, 3.05) is 13.6 Å². The van der Waals surface area contributed by atoms with E-state index in [1.807, 2.05) is 18.2 Å². The number of benzene rings is 1. The summed E-state index contributed by atoms with van der Waals surface area (Å²) in [6, 6.07) is 9.93. The van der Waals surface area contributed by atoms with Crippen molar-refractivity contribution in [3.63, 3.8) is 0 Å². The molecule has 0 atom stereocenters. The van der Waals surface area contributed by atoms with E-state index >= 15 is 0 Å². The van der Waals surface area contributed by atoms with Crippen molar-refractivity contribution >= 4 is 41.5 Å². The monoisotopic (exact) mass is 490 g/mol. The van der Waals surface area contributed by atoms with E-state index in [-0.39, 0.29) is 29.4 Å². The Kier molecular flexibility index (Phi) is 8.89. The van der Waals surface area contributed by atoms with Crippen molar-refractivity contribution in [3.8, 4) is 0 Å². The van der Waals surface area contributed by atoms with Gasteiger partial charge in [-0.1, -0.05) is 56.6 Å². The van der Waals surface area contributed by atoms with Crippen LogP contribution in [0.1, 0.15) is 50.6 Å². The number of hydrogen-bond acceptors (Lipinski definition) is 3. The standard InChI is InChI=1S/C19H27ClN4O.HI/c1-13(2)17-10-16(25-24-17)11-22-18(21-5)23-12-19(3,4)14-6-8-15(20)9-7-14;/h6-10,13H,11-12H2,1-5H3,(H2,21,22,23);1H. The van der Waals surface area contributed by atoms with E-state index in [9.17, 15) is 0 Å². The van der Waals surface area contributed by atoms with Gasteiger partial charge in [0, 0.05) is 30.1 Å². The maximum Gasteiger partial charge on any atom is 0.191 e. The second-order valence-electron chi connectivity index (χ2n) is 7.04. The summed E-state index contributed by atoms with van der Waals surface area (Å²) in [7, 11) is 1.75. The predicted octanol–water partition coefficient (Wildman–Crippen LogP) is 4.71. The van der Waals surface area contributed by atoms with Crippen LogP contribution in [0.2, 0.25) is 5.02 Å². The number of aromatic nitrogens is 1. The van der Waals surface area contributed by atoms with Crippen LogP contribution in [0.15, 0.2) is 39.8 Å². The molecule has 0 bridgehead atoms. The van der Waals surface area contributed by atoms with Gasteiger partial charge in [0.2, 0.25) is 0 Å². The topological polar surface area (TPSA) is 62.5 Å². The normalized spacial score (nSPS) is 12.0. The fourth-order valence-electron chi connectivity index (χ4n) is 2.38. The second kappa shape index (κ2) is 10.2. The molecule has 0 radical (unpaired) electrons. The summed E-state index contributed by atoms with van der Waals surface area (Å²) in [6.45, 7) is 9.83. The minimum Gasteiger partial charge on any atom is -0.359 e. The number of halogens is 2. The first-order valence-corrected chi connectivity index (χ1v) is 8.85. The molecule has 0 aliphatic rings. The fraction of sp³-hybridized carbons (Fsp3) is 0.474. The summed E-state index contributed by atoms with van der Waals surface area (Å²) in [5.41, 5.74) is 2.12. The van der Waals surface area contributed by atoms with E-state index in [2.05, 4.69) is 60.6 Å². The van der Waals surface area contributed by atoms with Gasteiger partial charge >= 0.3 is 0 Å². The maximum atomic E-state index is 5.97. The van der Waals surface area contributed by atoms with Crippen molar-refractivity contribution < 1.29 is 4.52 Å². The molecule has 0 aliphatic heterocycles. The second-order valence-corrected chi connectivity index (χ2v) is 7.48. The van der Waals surface area contributed by atoms with Crippen LogP contribution in [0.5, 0.6) is 0 Å². The highest BCUT2D eigenvalue weighted by Gasteiger charge is 2.21. The Bertz CT molecular complexity index is 711. The molecule has 1 heterocycles. The molecular formula is C19H28ClIN4O. The molecule has 1 aromatic carbocycles. The van der Waals surface area contributed by atoms with E-state index in [0.29, 0.717) is 12.5 Å². The van der Waals surface area contributed by atoms with Gasteiger partial charge in [-0.25, -0.2) is 0 Å². The van der Waals surface area contributed by atoms with Gasteiger partial charge in [-0.3, -0.25) is 4.99 Å². The molecule has 0 saturated heterocycles. The molecule has 2 rings (SSSR count). The summed E-state index contributed by atoms with van der Waals surface area (Å²) < 4.78 is 5.34. The Morgan fingerprint density at radius 2 is 1.88 bits per heavy atom. The van der Waals surface area contributed by atoms with Crippen LogP contribution in [0.3, 0.4) is 0 Å². The van der Waals surface area contributed by atoms with Gasteiger partial charge in [-0.2, -0.15) is 0 Å². The van der Waals surface area contributed by atoms with Gasteiger partial charge in [0.25, 0.3) is 0 Å². The number of rotatable bonds is 6. The predicted molar refractivity (Wildman–Crippen MR) is 119 cm³/mol. The van der Waals surface area contributed by atoms with Gasteiger partial charge < -0.3 is 15.2 Å². The third-order valence-corrected chi connectivity index (χ3v) is 4.40. The van der Waals surface area contributed by atoms with E-state index < -0.39 is 0 Å². The lowest BCUT2D eigenvalue weighted by atomic mass is 9.85. The summed E-state index contributed by atoms with van der Waals surface area (Å²) in [6.07, 6.45) is 0. The van der Waals surface area contributed by atoms with Gasteiger partial charge in [-0.15, -0.1) is 24.0 Å². The van der Waals surface area contributed by atoms with Crippen LogP contribution in [-0.4, -0.2) is 24.7 Å². The third kappa shape index (κ3) is 6.46. The lowest BCUT2D eigenvalue weighted by Gasteiger charge is -2.26. The molecule has 144 valence electrons. The Balaban J connectivity index is 0.00000338. The van der Waals surface area contributed by atoms with E-state index in [4.69, 9.17) is 16.1 Å². The number of hydrogen-bond donors (Lipinski definition) is 2. The minimum absolute atomic E-state index is 0. The molecule has 0 unspecified atom stereocenters. The Morgan fingerprint density at radius 3 is 2.42 bits per heavy atom. The average Bonchev–Trinajstić information content (AvgIpc) is 3.04. The maximum absolute atomic E-state index is 5.97. The van der Waals surface area contributed by atoms with Crippen LogP contribution in [0, 0.1) is 0 Å². The van der Waals surface area contributed by atoms with Gasteiger partial charge in [0.15, 0.2) is 11.7 Å². The van der Waals surface area contributed by atoms with Crippen LogP contribution in [-0.2, 0) is 12.0 Å². The number of nitrogens with one attached hydrogen (secondary N) is 2. The zero-order valence-electron chi connectivity index (χ0n) is 16.0. The van der Waals surface area contributed by atoms with Crippen molar-refractivity contribution in [2.45, 2.75) is 45.6 Å². The van der Waals surface area contributed by atoms with Crippen molar-refractivity contribution in [1.82, 2.24) is 15.8 Å². The zero-order chi connectivity index (χ0) is 18.4. The minimum atomic E-state index is -0.0563. The summed E-state index contributed by atoms with van der Waals surface area (Å²) >= 11 is 5.97. The molecule has 2 N–H and O–H groups in total. The highest BCUT2D eigenvalue weighted by Crippen LogP contribution is 2.23. The number of guanidine groups is 1. The van der Waals surface area contributed by atoms with Gasteiger partial charge in [-0.05, 0) is 23.6 Å². The smallest absolute Gasteiger partial charge is 0.191 e. The summed E-state index contributed by atoms with van der Waals surface area (Å²) in [4.78, 5) is 4.27. The largest absolute Gasteiger partial charge is 0.359 e. The molecule has 7 heteroatoms. The van der Waals surface area contributed by atoms with Crippen molar-refractivity contribution in [2.24, 2.45) is 4.99 Å². The summed E-state index contributed by atoms with van der Waals surface area (Å²) in [5.74, 6) is 1.88. The first-order valence-electron chi connectivity index (χ1n) is 8.48. The quantitative estimate of drug-likeness (QED) is 0.350.